The van der Waals surface area contributed by atoms with Crippen LogP contribution in [0.4, 0.5) is 0 Å². The fraction of sp³-hybridized carbons (Fsp3) is 0.235. The zero-order chi connectivity index (χ0) is 16.3. The van der Waals surface area contributed by atoms with Crippen LogP contribution >= 0.6 is 0 Å². The zero-order valence-electron chi connectivity index (χ0n) is 12.8. The molecule has 0 N–H and O–H groups in total. The fourth-order valence-corrected chi connectivity index (χ4v) is 2.30. The number of aromatic nitrogens is 1. The summed E-state index contributed by atoms with van der Waals surface area (Å²) < 4.78 is 6.27. The van der Waals surface area contributed by atoms with Gasteiger partial charge in [0.15, 0.2) is 5.78 Å². The molecule has 0 spiro atoms. The minimum atomic E-state index is -0.723. The molecule has 5 nitrogen and oxygen atoms in total. The highest BCUT2D eigenvalue weighted by Gasteiger charge is 2.20. The molecule has 5 heteroatoms. The third kappa shape index (κ3) is 2.83. The Hall–Kier alpha value is -2.69. The lowest BCUT2D eigenvalue weighted by atomic mass is 10.1. The van der Waals surface area contributed by atoms with Crippen LogP contribution in [0.5, 0.6) is 0 Å². The topological polar surface area (TPSA) is 65.4 Å². The Morgan fingerprint density at radius 1 is 1.14 bits per heavy atom. The molecule has 0 aliphatic rings. The number of benzene rings is 1. The summed E-state index contributed by atoms with van der Waals surface area (Å²) in [6, 6.07) is 10.2. The molecule has 0 unspecified atom stereocenters. The van der Waals surface area contributed by atoms with Crippen molar-refractivity contribution in [2.75, 3.05) is 6.61 Å². The second-order valence-electron chi connectivity index (χ2n) is 4.81. The standard InChI is InChI=1S/C17H17NO4/c1-4-22-17(21)15-10-14(12(3)19)11(2)18(16(15)20)13-8-6-5-7-9-13/h5-10H,4H2,1-3H3. The van der Waals surface area contributed by atoms with Crippen molar-refractivity contribution in [3.63, 3.8) is 0 Å². The Labute approximate surface area is 128 Å². The number of ether oxygens (including phenoxy) is 1. The molecule has 1 heterocycles. The van der Waals surface area contributed by atoms with Gasteiger partial charge in [0.25, 0.3) is 5.56 Å². The Morgan fingerprint density at radius 2 is 1.77 bits per heavy atom. The van der Waals surface area contributed by atoms with Crippen molar-refractivity contribution in [2.45, 2.75) is 20.8 Å². The van der Waals surface area contributed by atoms with E-state index >= 15 is 0 Å². The predicted molar refractivity (Wildman–Crippen MR) is 82.7 cm³/mol. The first-order valence-corrected chi connectivity index (χ1v) is 6.97. The van der Waals surface area contributed by atoms with Gasteiger partial charge >= 0.3 is 5.97 Å². The molecule has 0 bridgehead atoms. The Kier molecular flexibility index (Phi) is 4.56. The maximum atomic E-state index is 12.6. The van der Waals surface area contributed by atoms with Crippen LogP contribution in [0.25, 0.3) is 5.69 Å². The smallest absolute Gasteiger partial charge is 0.343 e. The molecular weight excluding hydrogens is 282 g/mol. The molecule has 0 radical (unpaired) electrons. The molecule has 0 aliphatic carbocycles. The van der Waals surface area contributed by atoms with Crippen LogP contribution in [0.3, 0.4) is 0 Å². The average Bonchev–Trinajstić information content (AvgIpc) is 2.48. The van der Waals surface area contributed by atoms with Crippen LogP contribution in [0.2, 0.25) is 0 Å². The summed E-state index contributed by atoms with van der Waals surface area (Å²) >= 11 is 0. The van der Waals surface area contributed by atoms with Crippen molar-refractivity contribution >= 4 is 11.8 Å². The molecule has 0 amide bonds. The summed E-state index contributed by atoms with van der Waals surface area (Å²) in [5.41, 5.74) is 0.788. The van der Waals surface area contributed by atoms with Crippen LogP contribution in [0, 0.1) is 6.92 Å². The summed E-state index contributed by atoms with van der Waals surface area (Å²) in [5.74, 6) is -0.938. The van der Waals surface area contributed by atoms with Crippen LogP contribution in [-0.2, 0) is 4.74 Å². The number of esters is 1. The third-order valence-electron chi connectivity index (χ3n) is 3.34. The normalized spacial score (nSPS) is 10.3. The van der Waals surface area contributed by atoms with Gasteiger partial charge in [0.2, 0.25) is 0 Å². The minimum Gasteiger partial charge on any atom is -0.462 e. The van der Waals surface area contributed by atoms with Gasteiger partial charge in [-0.1, -0.05) is 18.2 Å². The van der Waals surface area contributed by atoms with E-state index in [0.717, 1.165) is 0 Å². The lowest BCUT2D eigenvalue weighted by molar-refractivity contribution is 0.0524. The lowest BCUT2D eigenvalue weighted by Gasteiger charge is -2.15. The van der Waals surface area contributed by atoms with E-state index in [0.29, 0.717) is 16.9 Å². The Balaban J connectivity index is 2.79. The van der Waals surface area contributed by atoms with Gasteiger partial charge < -0.3 is 4.74 Å². The number of carbonyl (C=O) groups excluding carboxylic acids is 2. The summed E-state index contributed by atoms with van der Waals surface area (Å²) in [7, 11) is 0. The highest BCUT2D eigenvalue weighted by atomic mass is 16.5. The number of ketones is 1. The van der Waals surface area contributed by atoms with Crippen LogP contribution in [0.15, 0.2) is 41.2 Å². The highest BCUT2D eigenvalue weighted by molar-refractivity contribution is 5.98. The molecule has 0 saturated heterocycles. The molecule has 1 aromatic carbocycles. The molecule has 0 aliphatic heterocycles. The van der Waals surface area contributed by atoms with Crippen molar-refractivity contribution in [3.8, 4) is 5.69 Å². The van der Waals surface area contributed by atoms with E-state index in [4.69, 9.17) is 4.74 Å². The molecule has 0 saturated carbocycles. The molecule has 22 heavy (non-hydrogen) atoms. The SMILES string of the molecule is CCOC(=O)c1cc(C(C)=O)c(C)n(-c2ccccc2)c1=O. The van der Waals surface area contributed by atoms with E-state index in [1.54, 1.807) is 38.1 Å². The van der Waals surface area contributed by atoms with Gasteiger partial charge in [-0.25, -0.2) is 4.79 Å². The summed E-state index contributed by atoms with van der Waals surface area (Å²) in [4.78, 5) is 36.4. The number of rotatable bonds is 4. The van der Waals surface area contributed by atoms with Gasteiger partial charge in [0.05, 0.1) is 6.61 Å². The fourth-order valence-electron chi connectivity index (χ4n) is 2.30. The van der Waals surface area contributed by atoms with Crippen molar-refractivity contribution in [1.29, 1.82) is 0 Å². The lowest BCUT2D eigenvalue weighted by Crippen LogP contribution is -2.29. The van der Waals surface area contributed by atoms with Gasteiger partial charge in [0.1, 0.15) is 5.56 Å². The molecule has 2 rings (SSSR count). The van der Waals surface area contributed by atoms with Gasteiger partial charge in [-0.05, 0) is 39.0 Å². The van der Waals surface area contributed by atoms with Crippen molar-refractivity contribution in [3.05, 3.63) is 63.6 Å². The van der Waals surface area contributed by atoms with Crippen LogP contribution < -0.4 is 5.56 Å². The van der Waals surface area contributed by atoms with E-state index in [2.05, 4.69) is 0 Å². The van der Waals surface area contributed by atoms with Gasteiger partial charge in [-0.2, -0.15) is 0 Å². The highest BCUT2D eigenvalue weighted by Crippen LogP contribution is 2.15. The monoisotopic (exact) mass is 299 g/mol. The number of nitrogens with zero attached hydrogens (tertiary/aromatic N) is 1. The predicted octanol–water partition coefficient (Wildman–Crippen LogP) is 2.53. The quantitative estimate of drug-likeness (QED) is 0.643. The number of carbonyl (C=O) groups is 2. The van der Waals surface area contributed by atoms with E-state index in [1.165, 1.54) is 17.6 Å². The number of hydrogen-bond acceptors (Lipinski definition) is 4. The zero-order valence-corrected chi connectivity index (χ0v) is 12.8. The van der Waals surface area contributed by atoms with Crippen molar-refractivity contribution < 1.29 is 14.3 Å². The molecule has 2 aromatic rings. The first kappa shape index (κ1) is 15.7. The summed E-state index contributed by atoms with van der Waals surface area (Å²) in [6.07, 6.45) is 0. The van der Waals surface area contributed by atoms with Gasteiger partial charge in [-0.15, -0.1) is 0 Å². The molecule has 0 atom stereocenters. The number of Topliss-reactive ketones (excluding diaryl/α,β-unsaturated/α-hetero) is 1. The average molecular weight is 299 g/mol. The van der Waals surface area contributed by atoms with Gasteiger partial charge in [0, 0.05) is 16.9 Å². The van der Waals surface area contributed by atoms with Gasteiger partial charge in [-0.3, -0.25) is 14.2 Å². The minimum absolute atomic E-state index is 0.137. The largest absolute Gasteiger partial charge is 0.462 e. The van der Waals surface area contributed by atoms with E-state index in [-0.39, 0.29) is 18.0 Å². The molecule has 1 aromatic heterocycles. The third-order valence-corrected chi connectivity index (χ3v) is 3.34. The second kappa shape index (κ2) is 6.39. The van der Waals surface area contributed by atoms with Crippen LogP contribution in [0.1, 0.15) is 40.3 Å². The molecule has 0 fully saturated rings. The number of para-hydroxylation sites is 1. The number of hydrogen-bond donors (Lipinski definition) is 0. The Morgan fingerprint density at radius 3 is 2.32 bits per heavy atom. The first-order valence-electron chi connectivity index (χ1n) is 6.97. The maximum absolute atomic E-state index is 12.6. The summed E-state index contributed by atoms with van der Waals surface area (Å²) in [5, 5.41) is 0. The van der Waals surface area contributed by atoms with E-state index in [1.807, 2.05) is 6.07 Å². The number of pyridine rings is 1. The van der Waals surface area contributed by atoms with E-state index < -0.39 is 11.5 Å². The maximum Gasteiger partial charge on any atom is 0.343 e. The Bertz CT molecular complexity index is 775. The first-order chi connectivity index (χ1) is 10.5. The summed E-state index contributed by atoms with van der Waals surface area (Å²) in [6.45, 7) is 4.90. The van der Waals surface area contributed by atoms with Crippen molar-refractivity contribution in [1.82, 2.24) is 4.57 Å². The van der Waals surface area contributed by atoms with Crippen molar-refractivity contribution in [2.24, 2.45) is 0 Å². The molecular formula is C17H17NO4. The molecule has 114 valence electrons. The van der Waals surface area contributed by atoms with E-state index in [9.17, 15) is 14.4 Å². The van der Waals surface area contributed by atoms with Crippen LogP contribution in [-0.4, -0.2) is 22.9 Å². The second-order valence-corrected chi connectivity index (χ2v) is 4.81.